The Morgan fingerprint density at radius 3 is 2.24 bits per heavy atom. The van der Waals surface area contributed by atoms with Crippen molar-refractivity contribution in [1.29, 1.82) is 0 Å². The van der Waals surface area contributed by atoms with Gasteiger partial charge in [0.05, 0.1) is 19.4 Å². The third-order valence-corrected chi connectivity index (χ3v) is 1.85. The maximum atomic E-state index is 11.2. The smallest absolute Gasteiger partial charge is 0.306 e. The van der Waals surface area contributed by atoms with E-state index in [2.05, 4.69) is 6.58 Å². The summed E-state index contributed by atoms with van der Waals surface area (Å²) < 4.78 is 9.74. The molecule has 0 aliphatic heterocycles. The van der Waals surface area contributed by atoms with Gasteiger partial charge in [0, 0.05) is 0 Å². The van der Waals surface area contributed by atoms with E-state index in [4.69, 9.17) is 9.47 Å². The Hall–Kier alpha value is -1.58. The molecule has 4 nitrogen and oxygen atoms in total. The quantitative estimate of drug-likeness (QED) is 0.371. The van der Waals surface area contributed by atoms with Gasteiger partial charge in [0.1, 0.15) is 6.61 Å². The second-order valence-corrected chi connectivity index (χ2v) is 3.76. The van der Waals surface area contributed by atoms with Gasteiger partial charge in [-0.25, -0.2) is 0 Å². The highest BCUT2D eigenvalue weighted by Gasteiger charge is 2.08. The zero-order chi connectivity index (χ0) is 13.1. The van der Waals surface area contributed by atoms with Crippen LogP contribution in [0.2, 0.25) is 0 Å². The average Bonchev–Trinajstić information content (AvgIpc) is 2.26. The summed E-state index contributed by atoms with van der Waals surface area (Å²) in [5, 5.41) is 0. The van der Waals surface area contributed by atoms with E-state index in [-0.39, 0.29) is 31.4 Å². The maximum absolute atomic E-state index is 11.2. The Balaban J connectivity index is 3.58. The molecular formula is C13H20O4. The van der Waals surface area contributed by atoms with E-state index in [1.165, 1.54) is 0 Å². The van der Waals surface area contributed by atoms with E-state index < -0.39 is 0 Å². The summed E-state index contributed by atoms with van der Waals surface area (Å²) in [4.78, 5) is 22.3. The molecule has 0 N–H and O–H groups in total. The van der Waals surface area contributed by atoms with Gasteiger partial charge in [0.25, 0.3) is 0 Å². The molecule has 96 valence electrons. The topological polar surface area (TPSA) is 52.6 Å². The Morgan fingerprint density at radius 1 is 1.12 bits per heavy atom. The normalized spacial score (nSPS) is 9.29. The highest BCUT2D eigenvalue weighted by Crippen LogP contribution is 1.98. The number of esters is 2. The van der Waals surface area contributed by atoms with E-state index in [9.17, 15) is 9.59 Å². The summed E-state index contributed by atoms with van der Waals surface area (Å²) in [5.74, 6) is -0.769. The minimum absolute atomic E-state index is 0.0591. The molecule has 0 aromatic heterocycles. The first kappa shape index (κ1) is 15.4. The molecule has 0 saturated carbocycles. The van der Waals surface area contributed by atoms with Crippen LogP contribution < -0.4 is 0 Å². The van der Waals surface area contributed by atoms with E-state index >= 15 is 0 Å². The number of hydrogen-bond donors (Lipinski definition) is 0. The van der Waals surface area contributed by atoms with Crippen molar-refractivity contribution in [2.24, 2.45) is 0 Å². The summed E-state index contributed by atoms with van der Waals surface area (Å²) in [6.07, 6.45) is 4.21. The molecule has 0 aliphatic carbocycles. The molecule has 0 amide bonds. The van der Waals surface area contributed by atoms with E-state index in [0.29, 0.717) is 13.0 Å². The Labute approximate surface area is 102 Å². The van der Waals surface area contributed by atoms with Gasteiger partial charge >= 0.3 is 11.9 Å². The van der Waals surface area contributed by atoms with Crippen LogP contribution in [0.4, 0.5) is 0 Å². The first-order valence-corrected chi connectivity index (χ1v) is 5.61. The fourth-order valence-corrected chi connectivity index (χ4v) is 0.906. The van der Waals surface area contributed by atoms with Crippen molar-refractivity contribution < 1.29 is 19.1 Å². The minimum Gasteiger partial charge on any atom is -0.465 e. The molecule has 4 heteroatoms. The number of allylic oxidation sites excluding steroid dienone is 1. The van der Waals surface area contributed by atoms with Crippen molar-refractivity contribution in [2.45, 2.75) is 33.1 Å². The molecule has 0 aromatic carbocycles. The van der Waals surface area contributed by atoms with Gasteiger partial charge in [0.2, 0.25) is 0 Å². The van der Waals surface area contributed by atoms with Crippen molar-refractivity contribution in [2.75, 3.05) is 13.2 Å². The van der Waals surface area contributed by atoms with Crippen LogP contribution in [0.15, 0.2) is 24.3 Å². The molecule has 0 rings (SSSR count). The highest BCUT2D eigenvalue weighted by atomic mass is 16.5. The van der Waals surface area contributed by atoms with Gasteiger partial charge in [-0.05, 0) is 26.3 Å². The summed E-state index contributed by atoms with van der Waals surface area (Å²) in [7, 11) is 0. The largest absolute Gasteiger partial charge is 0.465 e. The minimum atomic E-state index is -0.386. The summed E-state index contributed by atoms with van der Waals surface area (Å²) in [6.45, 7) is 7.92. The lowest BCUT2D eigenvalue weighted by Gasteiger charge is -2.03. The molecule has 0 fully saturated rings. The number of ether oxygens (including phenoxy) is 2. The fourth-order valence-electron chi connectivity index (χ4n) is 0.906. The van der Waals surface area contributed by atoms with Crippen molar-refractivity contribution in [3.8, 4) is 0 Å². The lowest BCUT2D eigenvalue weighted by atomic mass is 10.3. The van der Waals surface area contributed by atoms with Gasteiger partial charge in [-0.3, -0.25) is 9.59 Å². The Kier molecular flexibility index (Phi) is 8.74. The molecule has 0 spiro atoms. The number of carbonyl (C=O) groups is 2. The van der Waals surface area contributed by atoms with Crippen LogP contribution in [0, 0.1) is 0 Å². The van der Waals surface area contributed by atoms with Crippen LogP contribution in [0.25, 0.3) is 0 Å². The van der Waals surface area contributed by atoms with Crippen molar-refractivity contribution in [1.82, 2.24) is 0 Å². The van der Waals surface area contributed by atoms with Gasteiger partial charge < -0.3 is 9.47 Å². The van der Waals surface area contributed by atoms with E-state index in [1.807, 2.05) is 13.8 Å². The van der Waals surface area contributed by atoms with Crippen molar-refractivity contribution in [3.63, 3.8) is 0 Å². The predicted molar refractivity (Wildman–Crippen MR) is 65.4 cm³/mol. The first-order valence-electron chi connectivity index (χ1n) is 5.61. The molecule has 0 radical (unpaired) electrons. The number of carbonyl (C=O) groups excluding carboxylic acids is 2. The van der Waals surface area contributed by atoms with Gasteiger partial charge in [-0.1, -0.05) is 11.6 Å². The molecule has 0 heterocycles. The number of hydrogen-bond acceptors (Lipinski definition) is 4. The average molecular weight is 240 g/mol. The van der Waals surface area contributed by atoms with Crippen LogP contribution in [0.1, 0.15) is 33.1 Å². The summed E-state index contributed by atoms with van der Waals surface area (Å²) >= 11 is 0. The highest BCUT2D eigenvalue weighted by molar-refractivity contribution is 5.77. The van der Waals surface area contributed by atoms with Crippen LogP contribution in [0.3, 0.4) is 0 Å². The third-order valence-electron chi connectivity index (χ3n) is 1.85. The Morgan fingerprint density at radius 2 is 1.71 bits per heavy atom. The summed E-state index contributed by atoms with van der Waals surface area (Å²) in [6, 6.07) is 0. The lowest BCUT2D eigenvalue weighted by molar-refractivity contribution is -0.149. The van der Waals surface area contributed by atoms with Crippen LogP contribution in [-0.4, -0.2) is 25.2 Å². The molecule has 0 atom stereocenters. The molecule has 0 aromatic rings. The van der Waals surface area contributed by atoms with E-state index in [1.54, 1.807) is 12.2 Å². The second-order valence-electron chi connectivity index (χ2n) is 3.76. The van der Waals surface area contributed by atoms with Gasteiger partial charge in [-0.2, -0.15) is 0 Å². The zero-order valence-electron chi connectivity index (χ0n) is 10.5. The lowest BCUT2D eigenvalue weighted by Crippen LogP contribution is -2.10. The van der Waals surface area contributed by atoms with E-state index in [0.717, 1.165) is 5.57 Å². The zero-order valence-corrected chi connectivity index (χ0v) is 10.5. The van der Waals surface area contributed by atoms with Crippen LogP contribution in [0.5, 0.6) is 0 Å². The monoisotopic (exact) mass is 240 g/mol. The number of rotatable bonds is 8. The first-order chi connectivity index (χ1) is 8.06. The summed E-state index contributed by atoms with van der Waals surface area (Å²) in [5.41, 5.74) is 1.08. The standard InChI is InChI=1S/C13H20O4/c1-4-5-9-16-12(14)6-7-13(15)17-10-8-11(2)3/h4,8H,1,5-7,9-10H2,2-3H3. The second kappa shape index (κ2) is 9.63. The molecule has 0 bridgehead atoms. The third kappa shape index (κ3) is 10.7. The van der Waals surface area contributed by atoms with Crippen molar-refractivity contribution in [3.05, 3.63) is 24.3 Å². The molecule has 17 heavy (non-hydrogen) atoms. The van der Waals surface area contributed by atoms with Gasteiger partial charge in [-0.15, -0.1) is 6.58 Å². The molecule has 0 aliphatic rings. The molecular weight excluding hydrogens is 220 g/mol. The Bertz CT molecular complexity index is 288. The van der Waals surface area contributed by atoms with Crippen molar-refractivity contribution >= 4 is 11.9 Å². The fraction of sp³-hybridized carbons (Fsp3) is 0.538. The van der Waals surface area contributed by atoms with Gasteiger partial charge in [0.15, 0.2) is 0 Å². The SMILES string of the molecule is C=CCCOC(=O)CCC(=O)OCC=C(C)C. The molecule has 0 unspecified atom stereocenters. The predicted octanol–water partition coefficient (Wildman–Crippen LogP) is 2.40. The van der Waals surface area contributed by atoms with Crippen LogP contribution >= 0.6 is 0 Å². The van der Waals surface area contributed by atoms with Crippen LogP contribution in [-0.2, 0) is 19.1 Å². The molecule has 0 saturated heterocycles. The maximum Gasteiger partial charge on any atom is 0.306 e.